The van der Waals surface area contributed by atoms with Crippen LogP contribution in [-0.2, 0) is 22.1 Å². The number of ether oxygens (including phenoxy) is 1. The number of hydrogen-bond donors (Lipinski definition) is 1. The smallest absolute Gasteiger partial charge is 0.158 e. The number of nitrogens with one attached hydrogen (secondary N) is 1. The Bertz CT molecular complexity index is 390. The van der Waals surface area contributed by atoms with Gasteiger partial charge in [-0.2, -0.15) is 0 Å². The van der Waals surface area contributed by atoms with E-state index in [-0.39, 0.29) is 0 Å². The maximum Gasteiger partial charge on any atom is 0.158 e. The van der Waals surface area contributed by atoms with Crippen molar-refractivity contribution in [2.24, 2.45) is 0 Å². The van der Waals surface area contributed by atoms with Crippen molar-refractivity contribution in [1.82, 2.24) is 9.97 Å². The van der Waals surface area contributed by atoms with Crippen molar-refractivity contribution in [2.75, 3.05) is 30.5 Å². The van der Waals surface area contributed by atoms with E-state index in [4.69, 9.17) is 16.3 Å². The molecule has 0 radical (unpaired) electrons. The van der Waals surface area contributed by atoms with Crippen molar-refractivity contribution < 1.29 is 8.95 Å². The Hall–Kier alpha value is -0.720. The van der Waals surface area contributed by atoms with Crippen molar-refractivity contribution in [2.45, 2.75) is 13.5 Å². The van der Waals surface area contributed by atoms with Crippen LogP contribution in [0.3, 0.4) is 0 Å². The van der Waals surface area contributed by atoms with Crippen LogP contribution in [0.5, 0.6) is 0 Å². The summed E-state index contributed by atoms with van der Waals surface area (Å²) in [6, 6.07) is 1.63. The summed E-state index contributed by atoms with van der Waals surface area (Å²) in [6.07, 6.45) is 1.66. The van der Waals surface area contributed by atoms with Gasteiger partial charge in [0.15, 0.2) is 5.82 Å². The fourth-order valence-electron chi connectivity index (χ4n) is 1.14. The molecule has 0 aliphatic rings. The molecule has 1 atom stereocenters. The van der Waals surface area contributed by atoms with Crippen LogP contribution in [0, 0.1) is 0 Å². The average molecular weight is 278 g/mol. The maximum atomic E-state index is 10.9. The van der Waals surface area contributed by atoms with Gasteiger partial charge in [-0.05, 0) is 6.92 Å². The Morgan fingerprint density at radius 3 is 2.94 bits per heavy atom. The molecule has 1 aromatic rings. The molecule has 1 N–H and O–H groups in total. The SMILES string of the molecule is CCOCc1nc(Cl)cc(NCCS(C)=O)n1. The number of nitrogens with zero attached hydrogens (tertiary/aromatic N) is 2. The molecule has 1 heterocycles. The highest BCUT2D eigenvalue weighted by atomic mass is 35.5. The van der Waals surface area contributed by atoms with Gasteiger partial charge in [-0.25, -0.2) is 9.97 Å². The second-order valence-corrected chi connectivity index (χ2v) is 5.28. The van der Waals surface area contributed by atoms with Gasteiger partial charge in [0.05, 0.1) is 0 Å². The average Bonchev–Trinajstić information content (AvgIpc) is 2.25. The zero-order valence-corrected chi connectivity index (χ0v) is 11.5. The lowest BCUT2D eigenvalue weighted by Crippen LogP contribution is -2.12. The van der Waals surface area contributed by atoms with E-state index >= 15 is 0 Å². The third-order valence-corrected chi connectivity index (χ3v) is 2.84. The minimum absolute atomic E-state index is 0.339. The lowest BCUT2D eigenvalue weighted by atomic mass is 10.5. The van der Waals surface area contributed by atoms with E-state index < -0.39 is 10.8 Å². The third kappa shape index (κ3) is 5.95. The van der Waals surface area contributed by atoms with E-state index in [0.29, 0.717) is 42.3 Å². The molecule has 0 amide bonds. The van der Waals surface area contributed by atoms with E-state index in [9.17, 15) is 4.21 Å². The third-order valence-electron chi connectivity index (χ3n) is 1.87. The molecule has 7 heteroatoms. The quantitative estimate of drug-likeness (QED) is 0.765. The summed E-state index contributed by atoms with van der Waals surface area (Å²) < 4.78 is 16.1. The summed E-state index contributed by atoms with van der Waals surface area (Å²) in [4.78, 5) is 8.28. The van der Waals surface area contributed by atoms with Gasteiger partial charge in [-0.1, -0.05) is 11.6 Å². The van der Waals surface area contributed by atoms with E-state index in [0.717, 1.165) is 0 Å². The highest BCUT2D eigenvalue weighted by molar-refractivity contribution is 7.84. The summed E-state index contributed by atoms with van der Waals surface area (Å²) in [5, 5.41) is 3.42. The first kappa shape index (κ1) is 14.3. The molecule has 0 fully saturated rings. The van der Waals surface area contributed by atoms with Gasteiger partial charge in [0, 0.05) is 42.0 Å². The molecule has 17 heavy (non-hydrogen) atoms. The van der Waals surface area contributed by atoms with E-state index in [1.165, 1.54) is 0 Å². The summed E-state index contributed by atoms with van der Waals surface area (Å²) in [5.41, 5.74) is 0. The largest absolute Gasteiger partial charge is 0.374 e. The van der Waals surface area contributed by atoms with E-state index in [1.807, 2.05) is 6.92 Å². The Morgan fingerprint density at radius 2 is 2.29 bits per heavy atom. The van der Waals surface area contributed by atoms with Crippen molar-refractivity contribution in [3.8, 4) is 0 Å². The lowest BCUT2D eigenvalue weighted by Gasteiger charge is -2.07. The first-order chi connectivity index (χ1) is 8.11. The van der Waals surface area contributed by atoms with Crippen molar-refractivity contribution in [1.29, 1.82) is 0 Å². The molecule has 5 nitrogen and oxygen atoms in total. The minimum atomic E-state index is -0.818. The first-order valence-electron chi connectivity index (χ1n) is 5.27. The summed E-state index contributed by atoms with van der Waals surface area (Å²) in [6.45, 7) is 3.43. The van der Waals surface area contributed by atoms with Gasteiger partial charge in [0.1, 0.15) is 17.6 Å². The monoisotopic (exact) mass is 277 g/mol. The molecule has 0 aliphatic carbocycles. The van der Waals surface area contributed by atoms with E-state index in [2.05, 4.69) is 15.3 Å². The first-order valence-corrected chi connectivity index (χ1v) is 7.37. The Morgan fingerprint density at radius 1 is 1.53 bits per heavy atom. The number of aromatic nitrogens is 2. The number of anilines is 1. The fourth-order valence-corrected chi connectivity index (χ4v) is 1.73. The summed E-state index contributed by atoms with van der Waals surface area (Å²) in [5.74, 6) is 1.74. The summed E-state index contributed by atoms with van der Waals surface area (Å²) in [7, 11) is -0.818. The molecule has 0 saturated carbocycles. The number of hydrogen-bond acceptors (Lipinski definition) is 5. The van der Waals surface area contributed by atoms with Crippen molar-refractivity contribution in [3.05, 3.63) is 17.0 Å². The van der Waals surface area contributed by atoms with Gasteiger partial charge in [-0.15, -0.1) is 0 Å². The maximum absolute atomic E-state index is 10.9. The van der Waals surface area contributed by atoms with Gasteiger partial charge in [0.2, 0.25) is 0 Å². The van der Waals surface area contributed by atoms with E-state index in [1.54, 1.807) is 12.3 Å². The number of rotatable bonds is 7. The molecular weight excluding hydrogens is 262 g/mol. The Balaban J connectivity index is 2.58. The summed E-state index contributed by atoms with van der Waals surface area (Å²) >= 11 is 5.86. The Kier molecular flexibility index (Phi) is 6.39. The van der Waals surface area contributed by atoms with Crippen molar-refractivity contribution in [3.63, 3.8) is 0 Å². The molecule has 0 aromatic carbocycles. The molecular formula is C10H16ClN3O2S. The minimum Gasteiger partial charge on any atom is -0.374 e. The molecule has 0 aliphatic heterocycles. The van der Waals surface area contributed by atoms with Gasteiger partial charge >= 0.3 is 0 Å². The van der Waals surface area contributed by atoms with Crippen molar-refractivity contribution >= 4 is 28.2 Å². The second-order valence-electron chi connectivity index (χ2n) is 3.33. The molecule has 1 unspecified atom stereocenters. The van der Waals surface area contributed by atoms with Crippen LogP contribution in [0.1, 0.15) is 12.7 Å². The van der Waals surface area contributed by atoms with Crippen LogP contribution in [0.2, 0.25) is 5.15 Å². The fraction of sp³-hybridized carbons (Fsp3) is 0.600. The molecule has 96 valence electrons. The number of halogens is 1. The predicted molar refractivity (Wildman–Crippen MR) is 69.8 cm³/mol. The molecule has 0 saturated heterocycles. The zero-order chi connectivity index (χ0) is 12.7. The Labute approximate surface area is 108 Å². The van der Waals surface area contributed by atoms with Crippen LogP contribution in [-0.4, -0.2) is 39.3 Å². The standard InChI is InChI=1S/C10H16ClN3O2S/c1-3-16-7-10-13-8(11)6-9(14-10)12-4-5-17(2)15/h6H,3-5,7H2,1-2H3,(H,12,13,14). The topological polar surface area (TPSA) is 64.1 Å². The predicted octanol–water partition coefficient (Wildman–Crippen LogP) is 1.46. The van der Waals surface area contributed by atoms with Crippen LogP contribution in [0.25, 0.3) is 0 Å². The van der Waals surface area contributed by atoms with Gasteiger partial charge < -0.3 is 10.1 Å². The van der Waals surface area contributed by atoms with Crippen LogP contribution in [0.15, 0.2) is 6.07 Å². The highest BCUT2D eigenvalue weighted by Gasteiger charge is 2.03. The zero-order valence-electron chi connectivity index (χ0n) is 9.90. The molecule has 1 aromatic heterocycles. The highest BCUT2D eigenvalue weighted by Crippen LogP contribution is 2.11. The second kappa shape index (κ2) is 7.58. The lowest BCUT2D eigenvalue weighted by molar-refractivity contribution is 0.128. The van der Waals surface area contributed by atoms with Gasteiger partial charge in [0.25, 0.3) is 0 Å². The van der Waals surface area contributed by atoms with Crippen LogP contribution >= 0.6 is 11.6 Å². The molecule has 0 bridgehead atoms. The van der Waals surface area contributed by atoms with Crippen LogP contribution in [0.4, 0.5) is 5.82 Å². The normalized spacial score (nSPS) is 12.4. The van der Waals surface area contributed by atoms with Gasteiger partial charge in [-0.3, -0.25) is 4.21 Å². The molecule has 1 rings (SSSR count). The molecule has 0 spiro atoms. The van der Waals surface area contributed by atoms with Crippen LogP contribution < -0.4 is 5.32 Å².